The summed E-state index contributed by atoms with van der Waals surface area (Å²) in [7, 11) is 0. The number of benzene rings is 1. The van der Waals surface area contributed by atoms with E-state index < -0.39 is 34.6 Å². The average Bonchev–Trinajstić information content (AvgIpc) is 2.11. The maximum Gasteiger partial charge on any atom is 0.226 e. The van der Waals surface area contributed by atoms with Gasteiger partial charge in [0.25, 0.3) is 0 Å². The van der Waals surface area contributed by atoms with E-state index >= 15 is 0 Å². The summed E-state index contributed by atoms with van der Waals surface area (Å²) in [6.45, 7) is 3.24. The number of rotatable bonds is 3. The van der Waals surface area contributed by atoms with Gasteiger partial charge in [-0.05, 0) is 13.8 Å². The first-order valence-corrected chi connectivity index (χ1v) is 4.92. The summed E-state index contributed by atoms with van der Waals surface area (Å²) in [6, 6.07) is 0.963. The van der Waals surface area contributed by atoms with Crippen molar-refractivity contribution in [3.8, 4) is 0 Å². The Labute approximate surface area is 96.8 Å². The number of hydrogen-bond donors (Lipinski definition) is 2. The second kappa shape index (κ2) is 4.75. The lowest BCUT2D eigenvalue weighted by Crippen LogP contribution is -2.36. The van der Waals surface area contributed by atoms with Gasteiger partial charge >= 0.3 is 0 Å². The molecule has 1 amide bonds. The summed E-state index contributed by atoms with van der Waals surface area (Å²) in [5, 5.41) is 2.13. The van der Waals surface area contributed by atoms with E-state index in [1.165, 1.54) is 0 Å². The number of hydrogen-bond acceptors (Lipinski definition) is 2. The lowest BCUT2D eigenvalue weighted by atomic mass is 10.0. The molecule has 0 aromatic heterocycles. The number of carbonyl (C=O) groups excluding carboxylic acids is 1. The number of carbonyl (C=O) groups is 1. The number of amides is 1. The van der Waals surface area contributed by atoms with Crippen molar-refractivity contribution in [2.24, 2.45) is 5.73 Å². The summed E-state index contributed by atoms with van der Waals surface area (Å²) < 4.78 is 38.6. The topological polar surface area (TPSA) is 55.1 Å². The molecule has 0 fully saturated rings. The van der Waals surface area contributed by atoms with Gasteiger partial charge < -0.3 is 11.1 Å². The van der Waals surface area contributed by atoms with Crippen LogP contribution in [0.15, 0.2) is 12.1 Å². The van der Waals surface area contributed by atoms with Crippen LogP contribution >= 0.6 is 0 Å². The molecule has 0 bridgehead atoms. The Morgan fingerprint density at radius 2 is 1.76 bits per heavy atom. The van der Waals surface area contributed by atoms with Crippen molar-refractivity contribution < 1.29 is 18.0 Å². The zero-order valence-corrected chi connectivity index (χ0v) is 9.48. The molecule has 17 heavy (non-hydrogen) atoms. The minimum absolute atomic E-state index is 0.0641. The Morgan fingerprint density at radius 3 is 2.29 bits per heavy atom. The van der Waals surface area contributed by atoms with E-state index in [1.807, 2.05) is 0 Å². The summed E-state index contributed by atoms with van der Waals surface area (Å²) in [4.78, 5) is 11.4. The highest BCUT2D eigenvalue weighted by atomic mass is 19.2. The number of anilines is 1. The highest BCUT2D eigenvalue weighted by molar-refractivity contribution is 5.91. The monoisotopic (exact) mass is 246 g/mol. The lowest BCUT2D eigenvalue weighted by molar-refractivity contribution is -0.117. The normalized spacial score (nSPS) is 11.4. The third-order valence-corrected chi connectivity index (χ3v) is 1.90. The fourth-order valence-electron chi connectivity index (χ4n) is 1.23. The minimum Gasteiger partial charge on any atom is -0.325 e. The van der Waals surface area contributed by atoms with Crippen molar-refractivity contribution in [3.63, 3.8) is 0 Å². The Kier molecular flexibility index (Phi) is 3.77. The van der Waals surface area contributed by atoms with Crippen LogP contribution in [0.3, 0.4) is 0 Å². The van der Waals surface area contributed by atoms with Crippen molar-refractivity contribution in [1.82, 2.24) is 0 Å². The SMILES string of the molecule is CC(C)(N)CC(=O)Nc1cc(F)c(F)cc1F. The van der Waals surface area contributed by atoms with Gasteiger partial charge in [0.2, 0.25) is 5.91 Å². The van der Waals surface area contributed by atoms with Gasteiger partial charge in [-0.3, -0.25) is 4.79 Å². The van der Waals surface area contributed by atoms with Crippen LogP contribution in [-0.2, 0) is 4.79 Å². The smallest absolute Gasteiger partial charge is 0.226 e. The molecule has 3 nitrogen and oxygen atoms in total. The van der Waals surface area contributed by atoms with E-state index in [4.69, 9.17) is 5.73 Å². The van der Waals surface area contributed by atoms with Crippen molar-refractivity contribution in [2.75, 3.05) is 5.32 Å². The molecule has 0 saturated heterocycles. The van der Waals surface area contributed by atoms with E-state index in [0.717, 1.165) is 0 Å². The van der Waals surface area contributed by atoms with Crippen LogP contribution in [0, 0.1) is 17.5 Å². The van der Waals surface area contributed by atoms with Gasteiger partial charge in [-0.15, -0.1) is 0 Å². The molecule has 94 valence electrons. The molecule has 3 N–H and O–H groups in total. The van der Waals surface area contributed by atoms with Gasteiger partial charge in [0, 0.05) is 24.1 Å². The quantitative estimate of drug-likeness (QED) is 0.803. The third kappa shape index (κ3) is 4.07. The molecule has 0 aliphatic carbocycles. The Morgan fingerprint density at radius 1 is 1.24 bits per heavy atom. The van der Waals surface area contributed by atoms with Crippen molar-refractivity contribution in [1.29, 1.82) is 0 Å². The summed E-state index contributed by atoms with van der Waals surface area (Å²) >= 11 is 0. The van der Waals surface area contributed by atoms with Crippen molar-refractivity contribution in [2.45, 2.75) is 25.8 Å². The van der Waals surface area contributed by atoms with Crippen LogP contribution in [0.1, 0.15) is 20.3 Å². The van der Waals surface area contributed by atoms with Gasteiger partial charge in [0.05, 0.1) is 5.69 Å². The molecule has 0 heterocycles. The second-order valence-corrected chi connectivity index (χ2v) is 4.46. The highest BCUT2D eigenvalue weighted by Crippen LogP contribution is 2.19. The lowest BCUT2D eigenvalue weighted by Gasteiger charge is -2.17. The molecule has 1 rings (SSSR count). The zero-order valence-electron chi connectivity index (χ0n) is 9.48. The molecule has 6 heteroatoms. The predicted molar refractivity (Wildman–Crippen MR) is 57.8 cm³/mol. The number of nitrogens with one attached hydrogen (secondary N) is 1. The molecule has 1 aromatic carbocycles. The summed E-state index contributed by atoms with van der Waals surface area (Å²) in [5.41, 5.74) is 4.42. The molecule has 0 aliphatic heterocycles. The maximum absolute atomic E-state index is 13.2. The fraction of sp³-hybridized carbons (Fsp3) is 0.364. The van der Waals surface area contributed by atoms with E-state index in [9.17, 15) is 18.0 Å². The van der Waals surface area contributed by atoms with Crippen molar-refractivity contribution >= 4 is 11.6 Å². The minimum atomic E-state index is -1.31. The molecule has 0 spiro atoms. The van der Waals surface area contributed by atoms with E-state index in [2.05, 4.69) is 5.32 Å². The first-order valence-electron chi connectivity index (χ1n) is 4.92. The largest absolute Gasteiger partial charge is 0.325 e. The molecule has 0 saturated carbocycles. The van der Waals surface area contributed by atoms with Crippen LogP contribution in [0.5, 0.6) is 0 Å². The van der Waals surface area contributed by atoms with Crippen molar-refractivity contribution in [3.05, 3.63) is 29.6 Å². The maximum atomic E-state index is 13.2. The summed E-state index contributed by atoms with van der Waals surface area (Å²) in [5.74, 6) is -4.14. The highest BCUT2D eigenvalue weighted by Gasteiger charge is 2.18. The second-order valence-electron chi connectivity index (χ2n) is 4.46. The molecule has 0 unspecified atom stereocenters. The van der Waals surface area contributed by atoms with Gasteiger partial charge in [-0.1, -0.05) is 0 Å². The van der Waals surface area contributed by atoms with Gasteiger partial charge in [-0.2, -0.15) is 0 Å². The average molecular weight is 246 g/mol. The number of nitrogens with two attached hydrogens (primary N) is 1. The molecule has 0 atom stereocenters. The Bertz CT molecular complexity index is 441. The molecule has 0 aliphatic rings. The van der Waals surface area contributed by atoms with Gasteiger partial charge in [0.15, 0.2) is 11.6 Å². The van der Waals surface area contributed by atoms with Crippen LogP contribution in [0.4, 0.5) is 18.9 Å². The number of halogens is 3. The molecule has 1 aromatic rings. The third-order valence-electron chi connectivity index (χ3n) is 1.90. The van der Waals surface area contributed by atoms with Gasteiger partial charge in [-0.25, -0.2) is 13.2 Å². The van der Waals surface area contributed by atoms with Gasteiger partial charge in [0.1, 0.15) is 5.82 Å². The van der Waals surface area contributed by atoms with E-state index in [0.29, 0.717) is 12.1 Å². The molecular weight excluding hydrogens is 233 g/mol. The standard InChI is InChI=1S/C11H13F3N2O/c1-11(2,15)5-10(17)16-9-4-7(13)6(12)3-8(9)14/h3-4H,5,15H2,1-2H3,(H,16,17). The zero-order chi connectivity index (χ0) is 13.2. The van der Waals surface area contributed by atoms with Crippen LogP contribution in [-0.4, -0.2) is 11.4 Å². The van der Waals surface area contributed by atoms with Crippen LogP contribution in [0.25, 0.3) is 0 Å². The molecular formula is C11H13F3N2O. The van der Waals surface area contributed by atoms with E-state index in [1.54, 1.807) is 13.8 Å². The molecule has 0 radical (unpaired) electrons. The van der Waals surface area contributed by atoms with Crippen LogP contribution in [0.2, 0.25) is 0 Å². The summed E-state index contributed by atoms with van der Waals surface area (Å²) in [6.07, 6.45) is -0.0641. The van der Waals surface area contributed by atoms with E-state index in [-0.39, 0.29) is 6.42 Å². The Balaban J connectivity index is 2.82. The first-order chi connectivity index (χ1) is 7.69. The predicted octanol–water partition coefficient (Wildman–Crippen LogP) is 2.17. The van der Waals surface area contributed by atoms with Crippen LogP contribution < -0.4 is 11.1 Å². The first kappa shape index (κ1) is 13.5. The Hall–Kier alpha value is -1.56. The fourth-order valence-corrected chi connectivity index (χ4v) is 1.23.